The quantitative estimate of drug-likeness (QED) is 0.506. The van der Waals surface area contributed by atoms with Crippen molar-refractivity contribution in [2.24, 2.45) is 0 Å². The maximum absolute atomic E-state index is 12.8. The molecule has 164 valence electrons. The summed E-state index contributed by atoms with van der Waals surface area (Å²) in [4.78, 5) is 39.8. The summed E-state index contributed by atoms with van der Waals surface area (Å²) in [7, 11) is 0. The lowest BCUT2D eigenvalue weighted by Crippen LogP contribution is -2.49. The van der Waals surface area contributed by atoms with Crippen LogP contribution >= 0.6 is 11.6 Å². The van der Waals surface area contributed by atoms with Gasteiger partial charge >= 0.3 is 6.18 Å². The number of piperazine rings is 1. The van der Waals surface area contributed by atoms with E-state index in [-0.39, 0.29) is 42.6 Å². The SMILES string of the molecule is O=C(c1cc([N+](=O)[O-])cc([N+](=O)[O-])c1)N1CCN(c2ncc(C(F)(F)F)cc2Cl)CC1. The van der Waals surface area contributed by atoms with Gasteiger partial charge in [0, 0.05) is 44.5 Å². The smallest absolute Gasteiger partial charge is 0.352 e. The van der Waals surface area contributed by atoms with Crippen LogP contribution < -0.4 is 4.90 Å². The van der Waals surface area contributed by atoms with Crippen molar-refractivity contribution in [2.45, 2.75) is 6.18 Å². The first kappa shape index (κ1) is 22.2. The number of pyridine rings is 1. The molecule has 14 heteroatoms. The monoisotopic (exact) mass is 459 g/mol. The first-order chi connectivity index (χ1) is 14.5. The molecule has 0 atom stereocenters. The molecule has 0 N–H and O–H groups in total. The van der Waals surface area contributed by atoms with E-state index >= 15 is 0 Å². The largest absolute Gasteiger partial charge is 0.417 e. The summed E-state index contributed by atoms with van der Waals surface area (Å²) in [6.45, 7) is 0.574. The Morgan fingerprint density at radius 3 is 2.00 bits per heavy atom. The second-order valence-corrected chi connectivity index (χ2v) is 6.97. The molecule has 3 rings (SSSR count). The highest BCUT2D eigenvalue weighted by Gasteiger charge is 2.33. The van der Waals surface area contributed by atoms with Gasteiger partial charge in [0.15, 0.2) is 0 Å². The second kappa shape index (κ2) is 8.34. The number of carbonyl (C=O) groups is 1. The standard InChI is InChI=1S/C17H13ClF3N5O5/c18-14-7-11(17(19,20)21)9-22-15(14)23-1-3-24(4-2-23)16(27)10-5-12(25(28)29)8-13(6-10)26(30)31/h5-9H,1-4H2. The molecule has 31 heavy (non-hydrogen) atoms. The number of hydrogen-bond acceptors (Lipinski definition) is 7. The van der Waals surface area contributed by atoms with Gasteiger partial charge in [-0.1, -0.05) is 11.6 Å². The average molecular weight is 460 g/mol. The predicted octanol–water partition coefficient (Wildman–Crippen LogP) is 3.53. The van der Waals surface area contributed by atoms with Crippen molar-refractivity contribution in [3.8, 4) is 0 Å². The van der Waals surface area contributed by atoms with Gasteiger partial charge in [0.1, 0.15) is 5.82 Å². The van der Waals surface area contributed by atoms with Crippen LogP contribution in [0.3, 0.4) is 0 Å². The van der Waals surface area contributed by atoms with Gasteiger partial charge in [0.2, 0.25) is 0 Å². The minimum atomic E-state index is -4.58. The lowest BCUT2D eigenvalue weighted by atomic mass is 10.1. The van der Waals surface area contributed by atoms with Crippen molar-refractivity contribution in [3.05, 3.63) is 66.8 Å². The number of carbonyl (C=O) groups excluding carboxylic acids is 1. The van der Waals surface area contributed by atoms with E-state index in [4.69, 9.17) is 11.6 Å². The molecule has 0 aliphatic carbocycles. The van der Waals surface area contributed by atoms with Crippen molar-refractivity contribution in [1.82, 2.24) is 9.88 Å². The Hall–Kier alpha value is -3.48. The van der Waals surface area contributed by atoms with Crippen LogP contribution in [0, 0.1) is 20.2 Å². The van der Waals surface area contributed by atoms with E-state index in [0.717, 1.165) is 24.3 Å². The summed E-state index contributed by atoms with van der Waals surface area (Å²) in [6, 6.07) is 3.43. The van der Waals surface area contributed by atoms with E-state index in [1.54, 1.807) is 4.90 Å². The molecule has 10 nitrogen and oxygen atoms in total. The summed E-state index contributed by atoms with van der Waals surface area (Å²) in [5, 5.41) is 21.8. The number of benzene rings is 1. The number of alkyl halides is 3. The molecular formula is C17H13ClF3N5O5. The maximum atomic E-state index is 12.8. The Balaban J connectivity index is 1.75. The fraction of sp³-hybridized carbons (Fsp3) is 0.294. The topological polar surface area (TPSA) is 123 Å². The third kappa shape index (κ3) is 4.82. The van der Waals surface area contributed by atoms with E-state index in [1.165, 1.54) is 4.90 Å². The molecule has 1 aromatic carbocycles. The van der Waals surface area contributed by atoms with Gasteiger partial charge in [-0.2, -0.15) is 13.2 Å². The molecule has 1 aromatic heterocycles. The minimum Gasteiger partial charge on any atom is -0.352 e. The highest BCUT2D eigenvalue weighted by atomic mass is 35.5. The molecule has 1 aliphatic rings. The van der Waals surface area contributed by atoms with Gasteiger partial charge in [-0.05, 0) is 6.07 Å². The van der Waals surface area contributed by atoms with Crippen LogP contribution in [0.15, 0.2) is 30.5 Å². The van der Waals surface area contributed by atoms with Crippen LogP contribution in [0.25, 0.3) is 0 Å². The second-order valence-electron chi connectivity index (χ2n) is 6.56. The molecule has 1 saturated heterocycles. The van der Waals surface area contributed by atoms with Crippen molar-refractivity contribution in [3.63, 3.8) is 0 Å². The number of halogens is 4. The molecule has 1 amide bonds. The average Bonchev–Trinajstić information content (AvgIpc) is 2.72. The van der Waals surface area contributed by atoms with Crippen LogP contribution in [-0.2, 0) is 6.18 Å². The maximum Gasteiger partial charge on any atom is 0.417 e. The zero-order valence-electron chi connectivity index (χ0n) is 15.5. The van der Waals surface area contributed by atoms with E-state index in [1.807, 2.05) is 0 Å². The van der Waals surface area contributed by atoms with Crippen LogP contribution in [0.1, 0.15) is 15.9 Å². The lowest BCUT2D eigenvalue weighted by Gasteiger charge is -2.35. The zero-order chi connectivity index (χ0) is 22.9. The van der Waals surface area contributed by atoms with E-state index in [2.05, 4.69) is 4.98 Å². The van der Waals surface area contributed by atoms with Crippen LogP contribution in [-0.4, -0.2) is 51.8 Å². The van der Waals surface area contributed by atoms with Gasteiger partial charge in [0.05, 0.1) is 32.1 Å². The fourth-order valence-electron chi connectivity index (χ4n) is 3.05. The summed E-state index contributed by atoms with van der Waals surface area (Å²) >= 11 is 5.95. The molecule has 0 unspecified atom stereocenters. The number of nitrogens with zero attached hydrogens (tertiary/aromatic N) is 5. The Morgan fingerprint density at radius 2 is 1.55 bits per heavy atom. The van der Waals surface area contributed by atoms with Crippen molar-refractivity contribution in [2.75, 3.05) is 31.1 Å². The summed E-state index contributed by atoms with van der Waals surface area (Å²) < 4.78 is 38.3. The number of anilines is 1. The van der Waals surface area contributed by atoms with Gasteiger partial charge in [-0.25, -0.2) is 4.98 Å². The number of aromatic nitrogens is 1. The third-order valence-corrected chi connectivity index (χ3v) is 4.86. The Kier molecular flexibility index (Phi) is 5.97. The Labute approximate surface area is 177 Å². The molecule has 0 spiro atoms. The predicted molar refractivity (Wildman–Crippen MR) is 102 cm³/mol. The molecule has 2 heterocycles. The summed E-state index contributed by atoms with van der Waals surface area (Å²) in [6.07, 6.45) is -3.91. The van der Waals surface area contributed by atoms with E-state index < -0.39 is 38.9 Å². The fourth-order valence-corrected chi connectivity index (χ4v) is 3.34. The van der Waals surface area contributed by atoms with Crippen LogP contribution in [0.4, 0.5) is 30.4 Å². The normalized spacial score (nSPS) is 14.5. The molecule has 0 radical (unpaired) electrons. The molecule has 0 saturated carbocycles. The number of hydrogen-bond donors (Lipinski definition) is 0. The summed E-state index contributed by atoms with van der Waals surface area (Å²) in [5.74, 6) is -0.509. The van der Waals surface area contributed by atoms with Gasteiger partial charge in [0.25, 0.3) is 17.3 Å². The molecule has 1 fully saturated rings. The van der Waals surface area contributed by atoms with Gasteiger partial charge in [-0.15, -0.1) is 0 Å². The van der Waals surface area contributed by atoms with E-state index in [0.29, 0.717) is 6.20 Å². The van der Waals surface area contributed by atoms with Crippen molar-refractivity contribution >= 4 is 34.7 Å². The molecule has 0 bridgehead atoms. The summed E-state index contributed by atoms with van der Waals surface area (Å²) in [5.41, 5.74) is -2.36. The van der Waals surface area contributed by atoms with E-state index in [9.17, 15) is 38.2 Å². The zero-order valence-corrected chi connectivity index (χ0v) is 16.3. The number of non-ortho nitro benzene ring substituents is 2. The van der Waals surface area contributed by atoms with Crippen LogP contribution in [0.5, 0.6) is 0 Å². The number of amides is 1. The van der Waals surface area contributed by atoms with Gasteiger partial charge in [-0.3, -0.25) is 25.0 Å². The number of nitro groups is 2. The first-order valence-corrected chi connectivity index (χ1v) is 9.06. The highest BCUT2D eigenvalue weighted by molar-refractivity contribution is 6.33. The van der Waals surface area contributed by atoms with Gasteiger partial charge < -0.3 is 9.80 Å². The highest BCUT2D eigenvalue weighted by Crippen LogP contribution is 2.34. The third-order valence-electron chi connectivity index (χ3n) is 4.59. The lowest BCUT2D eigenvalue weighted by molar-refractivity contribution is -0.394. The molecule has 1 aliphatic heterocycles. The number of rotatable bonds is 4. The first-order valence-electron chi connectivity index (χ1n) is 8.68. The van der Waals surface area contributed by atoms with Crippen molar-refractivity contribution in [1.29, 1.82) is 0 Å². The minimum absolute atomic E-state index is 0.106. The number of nitro benzene ring substituents is 2. The Morgan fingerprint density at radius 1 is 1.00 bits per heavy atom. The van der Waals surface area contributed by atoms with Crippen molar-refractivity contribution < 1.29 is 27.8 Å². The molecular weight excluding hydrogens is 447 g/mol. The molecule has 2 aromatic rings. The van der Waals surface area contributed by atoms with Crippen LogP contribution in [0.2, 0.25) is 5.02 Å². The Bertz CT molecular complexity index is 1020.